The molecule has 3 nitrogen and oxygen atoms in total. The van der Waals surface area contributed by atoms with Crippen LogP contribution in [-0.2, 0) is 0 Å². The van der Waals surface area contributed by atoms with Crippen molar-refractivity contribution in [2.24, 2.45) is 5.41 Å². The maximum absolute atomic E-state index is 13.4. The minimum atomic E-state index is -0.705. The number of nitrogens with one attached hydrogen (secondary N) is 2. The summed E-state index contributed by atoms with van der Waals surface area (Å²) in [4.78, 5) is 11.8. The number of rotatable bonds is 3. The van der Waals surface area contributed by atoms with E-state index < -0.39 is 17.5 Å². The Morgan fingerprint density at radius 1 is 1.50 bits per heavy atom. The van der Waals surface area contributed by atoms with Crippen LogP contribution in [0.4, 0.5) is 8.78 Å². The van der Waals surface area contributed by atoms with Crippen molar-refractivity contribution in [2.75, 3.05) is 19.6 Å². The molecule has 0 bridgehead atoms. The van der Waals surface area contributed by atoms with Gasteiger partial charge < -0.3 is 10.6 Å². The predicted octanol–water partition coefficient (Wildman–Crippen LogP) is 1.69. The van der Waals surface area contributed by atoms with Crippen molar-refractivity contribution in [2.45, 2.75) is 13.3 Å². The highest BCUT2D eigenvalue weighted by Crippen LogP contribution is 2.23. The quantitative estimate of drug-likeness (QED) is 0.862. The van der Waals surface area contributed by atoms with E-state index in [1.807, 2.05) is 0 Å². The van der Waals surface area contributed by atoms with E-state index in [1.165, 1.54) is 0 Å². The summed E-state index contributed by atoms with van der Waals surface area (Å²) in [7, 11) is 0. The van der Waals surface area contributed by atoms with Crippen LogP contribution in [0, 0.1) is 17.0 Å². The van der Waals surface area contributed by atoms with Crippen LogP contribution in [0.2, 0.25) is 0 Å². The molecular weight excluding hydrogens is 238 g/mol. The fourth-order valence-electron chi connectivity index (χ4n) is 2.08. The SMILES string of the molecule is CC1(CNC(=O)c2cc(F)ccc2F)CCNC1. The number of hydrogen-bond donors (Lipinski definition) is 2. The molecule has 1 heterocycles. The van der Waals surface area contributed by atoms with E-state index >= 15 is 0 Å². The number of amides is 1. The molecule has 0 radical (unpaired) electrons. The van der Waals surface area contributed by atoms with Gasteiger partial charge in [-0.15, -0.1) is 0 Å². The standard InChI is InChI=1S/C13H16F2N2O/c1-13(4-5-16-7-13)8-17-12(18)10-6-9(14)2-3-11(10)15/h2-3,6,16H,4-5,7-8H2,1H3,(H,17,18). The van der Waals surface area contributed by atoms with Crippen LogP contribution in [0.25, 0.3) is 0 Å². The summed E-state index contributed by atoms with van der Waals surface area (Å²) in [6, 6.07) is 2.87. The molecule has 1 aromatic carbocycles. The zero-order chi connectivity index (χ0) is 13.2. The van der Waals surface area contributed by atoms with Gasteiger partial charge in [-0.2, -0.15) is 0 Å². The Morgan fingerprint density at radius 2 is 2.28 bits per heavy atom. The molecule has 0 spiro atoms. The lowest BCUT2D eigenvalue weighted by Gasteiger charge is -2.22. The molecule has 5 heteroatoms. The Morgan fingerprint density at radius 3 is 2.94 bits per heavy atom. The van der Waals surface area contributed by atoms with E-state index in [0.717, 1.165) is 37.7 Å². The maximum atomic E-state index is 13.4. The number of halogens is 2. The molecule has 1 aliphatic rings. The highest BCUT2D eigenvalue weighted by atomic mass is 19.1. The third-order valence-corrected chi connectivity index (χ3v) is 3.31. The molecule has 1 unspecified atom stereocenters. The average Bonchev–Trinajstić information content (AvgIpc) is 2.77. The van der Waals surface area contributed by atoms with E-state index in [4.69, 9.17) is 0 Å². The van der Waals surface area contributed by atoms with Gasteiger partial charge in [0.15, 0.2) is 0 Å². The van der Waals surface area contributed by atoms with E-state index in [-0.39, 0.29) is 11.0 Å². The van der Waals surface area contributed by atoms with E-state index in [0.29, 0.717) is 6.54 Å². The molecule has 1 aromatic rings. The van der Waals surface area contributed by atoms with Gasteiger partial charge in [0.2, 0.25) is 0 Å². The fraction of sp³-hybridized carbons (Fsp3) is 0.462. The van der Waals surface area contributed by atoms with E-state index in [9.17, 15) is 13.6 Å². The summed E-state index contributed by atoms with van der Waals surface area (Å²) in [5.41, 5.74) is -0.260. The van der Waals surface area contributed by atoms with Gasteiger partial charge >= 0.3 is 0 Å². The molecular formula is C13H16F2N2O. The first-order valence-electron chi connectivity index (χ1n) is 5.94. The van der Waals surface area contributed by atoms with Gasteiger partial charge in [-0.25, -0.2) is 8.78 Å². The largest absolute Gasteiger partial charge is 0.351 e. The first-order valence-corrected chi connectivity index (χ1v) is 5.94. The molecule has 1 aliphatic heterocycles. The third-order valence-electron chi connectivity index (χ3n) is 3.31. The first kappa shape index (κ1) is 13.0. The molecule has 1 saturated heterocycles. The maximum Gasteiger partial charge on any atom is 0.254 e. The Kier molecular flexibility index (Phi) is 3.61. The lowest BCUT2D eigenvalue weighted by molar-refractivity contribution is 0.0932. The lowest BCUT2D eigenvalue weighted by Crippen LogP contribution is -2.37. The van der Waals surface area contributed by atoms with Crippen molar-refractivity contribution in [1.82, 2.24) is 10.6 Å². The summed E-state index contributed by atoms with van der Waals surface area (Å²) in [6.45, 7) is 4.24. The molecule has 2 rings (SSSR count). The molecule has 0 aliphatic carbocycles. The smallest absolute Gasteiger partial charge is 0.254 e. The Labute approximate surface area is 105 Å². The minimum Gasteiger partial charge on any atom is -0.351 e. The minimum absolute atomic E-state index is 0.0144. The van der Waals surface area contributed by atoms with Gasteiger partial charge in [0.1, 0.15) is 11.6 Å². The van der Waals surface area contributed by atoms with Crippen molar-refractivity contribution >= 4 is 5.91 Å². The molecule has 2 N–H and O–H groups in total. The molecule has 0 aromatic heterocycles. The second kappa shape index (κ2) is 5.02. The number of benzene rings is 1. The van der Waals surface area contributed by atoms with Gasteiger partial charge in [-0.1, -0.05) is 6.92 Å². The van der Waals surface area contributed by atoms with Crippen LogP contribution >= 0.6 is 0 Å². The van der Waals surface area contributed by atoms with Crippen molar-refractivity contribution in [3.8, 4) is 0 Å². The molecule has 98 valence electrons. The highest BCUT2D eigenvalue weighted by Gasteiger charge is 2.29. The summed E-state index contributed by atoms with van der Waals surface area (Å²) in [6.07, 6.45) is 0.957. The van der Waals surface area contributed by atoms with Gasteiger partial charge in [0, 0.05) is 13.1 Å². The van der Waals surface area contributed by atoms with Gasteiger partial charge in [0.05, 0.1) is 5.56 Å². The zero-order valence-corrected chi connectivity index (χ0v) is 10.2. The topological polar surface area (TPSA) is 41.1 Å². The van der Waals surface area contributed by atoms with Crippen LogP contribution in [0.5, 0.6) is 0 Å². The van der Waals surface area contributed by atoms with Crippen LogP contribution in [0.1, 0.15) is 23.7 Å². The summed E-state index contributed by atoms with van der Waals surface area (Å²) in [5.74, 6) is -1.89. The van der Waals surface area contributed by atoms with Crippen molar-refractivity contribution < 1.29 is 13.6 Å². The lowest BCUT2D eigenvalue weighted by atomic mass is 9.90. The third kappa shape index (κ3) is 2.85. The molecule has 1 atom stereocenters. The first-order chi connectivity index (χ1) is 8.50. The highest BCUT2D eigenvalue weighted by molar-refractivity contribution is 5.94. The zero-order valence-electron chi connectivity index (χ0n) is 10.2. The molecule has 1 fully saturated rings. The van der Waals surface area contributed by atoms with Crippen LogP contribution in [-0.4, -0.2) is 25.5 Å². The van der Waals surface area contributed by atoms with E-state index in [1.54, 1.807) is 0 Å². The number of hydrogen-bond acceptors (Lipinski definition) is 2. The van der Waals surface area contributed by atoms with Gasteiger partial charge in [-0.05, 0) is 36.6 Å². The van der Waals surface area contributed by atoms with Crippen LogP contribution < -0.4 is 10.6 Å². The summed E-state index contributed by atoms with van der Waals surface area (Å²) < 4.78 is 26.3. The van der Waals surface area contributed by atoms with Crippen LogP contribution in [0.15, 0.2) is 18.2 Å². The second-order valence-corrected chi connectivity index (χ2v) is 5.04. The number of carbonyl (C=O) groups is 1. The average molecular weight is 254 g/mol. The van der Waals surface area contributed by atoms with Crippen molar-refractivity contribution in [1.29, 1.82) is 0 Å². The van der Waals surface area contributed by atoms with Crippen LogP contribution in [0.3, 0.4) is 0 Å². The Bertz CT molecular complexity index is 456. The van der Waals surface area contributed by atoms with Crippen molar-refractivity contribution in [3.05, 3.63) is 35.4 Å². The molecule has 18 heavy (non-hydrogen) atoms. The summed E-state index contributed by atoms with van der Waals surface area (Å²) in [5, 5.41) is 5.88. The second-order valence-electron chi connectivity index (χ2n) is 5.04. The van der Waals surface area contributed by atoms with Gasteiger partial charge in [0.25, 0.3) is 5.91 Å². The summed E-state index contributed by atoms with van der Waals surface area (Å²) >= 11 is 0. The monoisotopic (exact) mass is 254 g/mol. The predicted molar refractivity (Wildman–Crippen MR) is 64.3 cm³/mol. The van der Waals surface area contributed by atoms with E-state index in [2.05, 4.69) is 17.6 Å². The normalized spacial score (nSPS) is 23.1. The molecule has 0 saturated carbocycles. The number of carbonyl (C=O) groups excluding carboxylic acids is 1. The van der Waals surface area contributed by atoms with Crippen molar-refractivity contribution in [3.63, 3.8) is 0 Å². The van der Waals surface area contributed by atoms with Gasteiger partial charge in [-0.3, -0.25) is 4.79 Å². The molecule has 1 amide bonds. The Hall–Kier alpha value is -1.49. The fourth-order valence-corrected chi connectivity index (χ4v) is 2.08. The Balaban J connectivity index is 2.01.